The first-order valence-corrected chi connectivity index (χ1v) is 11.4. The average Bonchev–Trinajstić information content (AvgIpc) is 3.17. The normalized spacial score (nSPS) is 12.5. The number of rotatable bonds is 7. The molecular weight excluding hydrogens is 408 g/mol. The van der Waals surface area contributed by atoms with Crippen LogP contribution in [0.2, 0.25) is 0 Å². The number of carbonyl (C=O) groups is 1. The van der Waals surface area contributed by atoms with Crippen molar-refractivity contribution in [2.24, 2.45) is 0 Å². The third kappa shape index (κ3) is 5.26. The Kier molecular flexibility index (Phi) is 6.41. The van der Waals surface area contributed by atoms with Crippen molar-refractivity contribution in [1.29, 1.82) is 0 Å². The van der Waals surface area contributed by atoms with Crippen molar-refractivity contribution in [3.63, 3.8) is 0 Å². The quantitative estimate of drug-likeness (QED) is 0.557. The molecule has 0 spiro atoms. The van der Waals surface area contributed by atoms with Crippen LogP contribution in [0.25, 0.3) is 0 Å². The highest BCUT2D eigenvalue weighted by atomic mass is 32.2. The van der Waals surface area contributed by atoms with E-state index in [9.17, 15) is 13.2 Å². The van der Waals surface area contributed by atoms with Gasteiger partial charge in [0.1, 0.15) is 0 Å². The third-order valence-corrected chi connectivity index (χ3v) is 7.14. The standard InChI is InChI=1S/C20H22N4O3S2/c1-4-15-7-11-16(12-8-15)14(3)24-29(26,27)20-23-22-19(28-20)21-18(25)17-9-5-13(2)6-10-17/h5-12,14,24H,4H2,1-3H3,(H,21,22,25)/t14-/m0/s1. The summed E-state index contributed by atoms with van der Waals surface area (Å²) in [5.74, 6) is -0.373. The summed E-state index contributed by atoms with van der Waals surface area (Å²) in [5.41, 5.74) is 3.53. The van der Waals surface area contributed by atoms with E-state index in [1.54, 1.807) is 19.1 Å². The summed E-state index contributed by atoms with van der Waals surface area (Å²) >= 11 is 0.805. The Morgan fingerprint density at radius 3 is 2.34 bits per heavy atom. The summed E-state index contributed by atoms with van der Waals surface area (Å²) in [6, 6.07) is 14.4. The Bertz CT molecular complexity index is 1090. The molecule has 2 N–H and O–H groups in total. The first-order valence-electron chi connectivity index (χ1n) is 9.11. The predicted molar refractivity (Wildman–Crippen MR) is 114 cm³/mol. The van der Waals surface area contributed by atoms with Crippen LogP contribution < -0.4 is 10.0 Å². The maximum atomic E-state index is 12.6. The summed E-state index contributed by atoms with van der Waals surface area (Å²) in [4.78, 5) is 12.3. The van der Waals surface area contributed by atoms with Gasteiger partial charge in [-0.3, -0.25) is 10.1 Å². The van der Waals surface area contributed by atoms with Crippen molar-refractivity contribution in [3.05, 3.63) is 70.8 Å². The molecule has 9 heteroatoms. The van der Waals surface area contributed by atoms with E-state index in [-0.39, 0.29) is 15.4 Å². The molecule has 1 heterocycles. The number of amides is 1. The minimum Gasteiger partial charge on any atom is -0.296 e. The van der Waals surface area contributed by atoms with Crippen molar-refractivity contribution >= 4 is 32.4 Å². The van der Waals surface area contributed by atoms with Crippen LogP contribution in [0.15, 0.2) is 52.9 Å². The van der Waals surface area contributed by atoms with E-state index in [1.165, 1.54) is 5.56 Å². The molecule has 29 heavy (non-hydrogen) atoms. The molecule has 1 amide bonds. The number of nitrogens with one attached hydrogen (secondary N) is 2. The summed E-state index contributed by atoms with van der Waals surface area (Å²) in [7, 11) is -3.86. The van der Waals surface area contributed by atoms with Crippen LogP contribution in [0.1, 0.15) is 46.9 Å². The zero-order valence-corrected chi connectivity index (χ0v) is 18.0. The Balaban J connectivity index is 1.69. The van der Waals surface area contributed by atoms with E-state index in [0.29, 0.717) is 5.56 Å². The van der Waals surface area contributed by atoms with E-state index < -0.39 is 16.1 Å². The van der Waals surface area contributed by atoms with E-state index in [2.05, 4.69) is 27.2 Å². The molecule has 0 radical (unpaired) electrons. The van der Waals surface area contributed by atoms with Gasteiger partial charge in [-0.1, -0.05) is 60.2 Å². The number of anilines is 1. The molecule has 3 rings (SSSR count). The maximum absolute atomic E-state index is 12.6. The minimum absolute atomic E-state index is 0.121. The summed E-state index contributed by atoms with van der Waals surface area (Å²) in [6.07, 6.45) is 0.919. The van der Waals surface area contributed by atoms with Gasteiger partial charge in [-0.15, -0.1) is 10.2 Å². The molecule has 0 bridgehead atoms. The Hall–Kier alpha value is -2.62. The van der Waals surface area contributed by atoms with Gasteiger partial charge >= 0.3 is 0 Å². The van der Waals surface area contributed by atoms with Crippen LogP contribution in [0, 0.1) is 6.92 Å². The van der Waals surface area contributed by atoms with E-state index in [0.717, 1.165) is 28.9 Å². The molecule has 1 atom stereocenters. The molecule has 0 saturated heterocycles. The lowest BCUT2D eigenvalue weighted by atomic mass is 10.1. The Labute approximate surface area is 174 Å². The molecule has 0 fully saturated rings. The van der Waals surface area contributed by atoms with Crippen LogP contribution in [-0.2, 0) is 16.4 Å². The Morgan fingerprint density at radius 1 is 1.07 bits per heavy atom. The minimum atomic E-state index is -3.86. The fourth-order valence-corrected chi connectivity index (χ4v) is 4.78. The SMILES string of the molecule is CCc1ccc([C@H](C)NS(=O)(=O)c2nnc(NC(=O)c3ccc(C)cc3)s2)cc1. The second kappa shape index (κ2) is 8.81. The lowest BCUT2D eigenvalue weighted by Crippen LogP contribution is -2.26. The number of sulfonamides is 1. The fraction of sp³-hybridized carbons (Fsp3) is 0.250. The summed E-state index contributed by atoms with van der Waals surface area (Å²) < 4.78 is 27.7. The van der Waals surface area contributed by atoms with Gasteiger partial charge in [-0.05, 0) is 43.5 Å². The van der Waals surface area contributed by atoms with Crippen molar-refractivity contribution in [3.8, 4) is 0 Å². The van der Waals surface area contributed by atoms with Crippen LogP contribution in [0.3, 0.4) is 0 Å². The van der Waals surface area contributed by atoms with Gasteiger partial charge in [0.2, 0.25) is 9.47 Å². The maximum Gasteiger partial charge on any atom is 0.270 e. The van der Waals surface area contributed by atoms with Crippen LogP contribution in [-0.4, -0.2) is 24.5 Å². The molecule has 1 aromatic heterocycles. The van der Waals surface area contributed by atoms with E-state index >= 15 is 0 Å². The van der Waals surface area contributed by atoms with E-state index in [4.69, 9.17) is 0 Å². The lowest BCUT2D eigenvalue weighted by molar-refractivity contribution is 0.102. The number of aromatic nitrogens is 2. The van der Waals surface area contributed by atoms with Gasteiger partial charge < -0.3 is 0 Å². The fourth-order valence-electron chi connectivity index (χ4n) is 2.64. The predicted octanol–water partition coefficient (Wildman–Crippen LogP) is 3.70. The molecule has 0 aliphatic carbocycles. The Morgan fingerprint density at radius 2 is 1.72 bits per heavy atom. The molecule has 2 aromatic carbocycles. The van der Waals surface area contributed by atoms with Crippen molar-refractivity contribution in [2.45, 2.75) is 37.6 Å². The first-order chi connectivity index (χ1) is 13.8. The van der Waals surface area contributed by atoms with Gasteiger partial charge in [0.05, 0.1) is 0 Å². The number of hydrogen-bond donors (Lipinski definition) is 2. The van der Waals surface area contributed by atoms with Gasteiger partial charge in [0.25, 0.3) is 15.9 Å². The van der Waals surface area contributed by atoms with Crippen molar-refractivity contribution in [1.82, 2.24) is 14.9 Å². The smallest absolute Gasteiger partial charge is 0.270 e. The van der Waals surface area contributed by atoms with Crippen LogP contribution in [0.5, 0.6) is 0 Å². The molecule has 0 aliphatic rings. The number of carbonyl (C=O) groups excluding carboxylic acids is 1. The third-order valence-electron chi connectivity index (χ3n) is 4.39. The second-order valence-electron chi connectivity index (χ2n) is 6.63. The molecule has 7 nitrogen and oxygen atoms in total. The first kappa shape index (κ1) is 21.1. The van der Waals surface area contributed by atoms with Gasteiger partial charge in [-0.2, -0.15) is 0 Å². The number of benzene rings is 2. The molecule has 3 aromatic rings. The highest BCUT2D eigenvalue weighted by Crippen LogP contribution is 2.23. The second-order valence-corrected chi connectivity index (χ2v) is 9.50. The molecule has 152 valence electrons. The highest BCUT2D eigenvalue weighted by molar-refractivity contribution is 7.91. The largest absolute Gasteiger partial charge is 0.296 e. The summed E-state index contributed by atoms with van der Waals surface area (Å²) in [6.45, 7) is 5.75. The zero-order valence-electron chi connectivity index (χ0n) is 16.3. The monoisotopic (exact) mass is 430 g/mol. The highest BCUT2D eigenvalue weighted by Gasteiger charge is 2.24. The van der Waals surface area contributed by atoms with Crippen LogP contribution >= 0.6 is 11.3 Å². The average molecular weight is 431 g/mol. The summed E-state index contributed by atoms with van der Waals surface area (Å²) in [5, 5.41) is 10.2. The van der Waals surface area contributed by atoms with Gasteiger partial charge in [-0.25, -0.2) is 13.1 Å². The molecular formula is C20H22N4O3S2. The number of hydrogen-bond acceptors (Lipinski definition) is 6. The van der Waals surface area contributed by atoms with Crippen molar-refractivity contribution in [2.75, 3.05) is 5.32 Å². The van der Waals surface area contributed by atoms with Gasteiger partial charge in [0, 0.05) is 11.6 Å². The van der Waals surface area contributed by atoms with Crippen LogP contribution in [0.4, 0.5) is 5.13 Å². The van der Waals surface area contributed by atoms with Crippen molar-refractivity contribution < 1.29 is 13.2 Å². The molecule has 0 aliphatic heterocycles. The number of nitrogens with zero attached hydrogens (tertiary/aromatic N) is 2. The zero-order chi connectivity index (χ0) is 21.0. The molecule has 0 unspecified atom stereocenters. The topological polar surface area (TPSA) is 101 Å². The number of aryl methyl sites for hydroxylation is 2. The van der Waals surface area contributed by atoms with E-state index in [1.807, 2.05) is 43.3 Å². The van der Waals surface area contributed by atoms with Gasteiger partial charge in [0.15, 0.2) is 0 Å². The lowest BCUT2D eigenvalue weighted by Gasteiger charge is -2.13. The molecule has 0 saturated carbocycles.